The summed E-state index contributed by atoms with van der Waals surface area (Å²) >= 11 is 0. The standard InChI is InChI=1S/C18H24N4O2/c19-18-21-20-17(24-18)13-6-8-15(9-7-13)23-12-14-4-3-11-22-10-2-1-5-16(14)22/h6-9,14,16H,1-5,10-12H2,(H2,19,21)/t14-,16+/m0/s1. The van der Waals surface area contributed by atoms with Crippen molar-refractivity contribution in [1.29, 1.82) is 0 Å². The van der Waals surface area contributed by atoms with Crippen molar-refractivity contribution in [3.05, 3.63) is 24.3 Å². The predicted molar refractivity (Wildman–Crippen MR) is 91.6 cm³/mol. The zero-order valence-corrected chi connectivity index (χ0v) is 13.9. The van der Waals surface area contributed by atoms with Gasteiger partial charge in [0.15, 0.2) is 0 Å². The molecule has 6 nitrogen and oxygen atoms in total. The third-order valence-corrected chi connectivity index (χ3v) is 5.23. The molecule has 2 aliphatic rings. The van der Waals surface area contributed by atoms with Crippen LogP contribution >= 0.6 is 0 Å². The highest BCUT2D eigenvalue weighted by atomic mass is 16.5. The van der Waals surface area contributed by atoms with E-state index in [-0.39, 0.29) is 6.01 Å². The van der Waals surface area contributed by atoms with Gasteiger partial charge in [0.25, 0.3) is 0 Å². The molecular weight excluding hydrogens is 304 g/mol. The minimum Gasteiger partial charge on any atom is -0.493 e. The van der Waals surface area contributed by atoms with Crippen LogP contribution in [0.15, 0.2) is 28.7 Å². The lowest BCUT2D eigenvalue weighted by molar-refractivity contribution is 0.0366. The number of nitrogens with zero attached hydrogens (tertiary/aromatic N) is 3. The Hall–Kier alpha value is -2.08. The van der Waals surface area contributed by atoms with Crippen molar-refractivity contribution in [2.75, 3.05) is 25.4 Å². The van der Waals surface area contributed by atoms with Gasteiger partial charge in [-0.3, -0.25) is 4.90 Å². The van der Waals surface area contributed by atoms with Crippen LogP contribution in [0.3, 0.4) is 0 Å². The molecule has 2 saturated heterocycles. The zero-order chi connectivity index (χ0) is 16.4. The predicted octanol–water partition coefficient (Wildman–Crippen LogP) is 2.96. The SMILES string of the molecule is Nc1nnc(-c2ccc(OC[C@@H]3CCCN4CCCC[C@H]34)cc2)o1. The van der Waals surface area contributed by atoms with Gasteiger partial charge in [0.2, 0.25) is 5.89 Å². The lowest BCUT2D eigenvalue weighted by Crippen LogP contribution is -2.49. The van der Waals surface area contributed by atoms with Crippen LogP contribution in [0.2, 0.25) is 0 Å². The average Bonchev–Trinajstić information content (AvgIpc) is 3.07. The number of rotatable bonds is 4. The number of piperidine rings is 2. The van der Waals surface area contributed by atoms with Gasteiger partial charge in [0.05, 0.1) is 6.61 Å². The van der Waals surface area contributed by atoms with Crippen molar-refractivity contribution in [1.82, 2.24) is 15.1 Å². The Labute approximate surface area is 142 Å². The number of nitrogens with two attached hydrogens (primary N) is 1. The molecule has 0 spiro atoms. The minimum absolute atomic E-state index is 0.0830. The summed E-state index contributed by atoms with van der Waals surface area (Å²) in [5.74, 6) is 1.97. The highest BCUT2D eigenvalue weighted by molar-refractivity contribution is 5.54. The number of anilines is 1. The van der Waals surface area contributed by atoms with E-state index in [9.17, 15) is 0 Å². The van der Waals surface area contributed by atoms with E-state index < -0.39 is 0 Å². The summed E-state index contributed by atoms with van der Waals surface area (Å²) in [4.78, 5) is 2.67. The van der Waals surface area contributed by atoms with E-state index in [2.05, 4.69) is 15.1 Å². The van der Waals surface area contributed by atoms with Crippen LogP contribution in [-0.2, 0) is 0 Å². The van der Waals surface area contributed by atoms with Crippen LogP contribution < -0.4 is 10.5 Å². The Morgan fingerprint density at radius 2 is 1.92 bits per heavy atom. The van der Waals surface area contributed by atoms with Gasteiger partial charge in [-0.2, -0.15) is 0 Å². The molecule has 0 bridgehead atoms. The molecule has 24 heavy (non-hydrogen) atoms. The van der Waals surface area contributed by atoms with Crippen LogP contribution in [-0.4, -0.2) is 40.8 Å². The molecule has 0 amide bonds. The van der Waals surface area contributed by atoms with Crippen LogP contribution in [0.25, 0.3) is 11.5 Å². The molecule has 2 N–H and O–H groups in total. The van der Waals surface area contributed by atoms with E-state index in [1.807, 2.05) is 24.3 Å². The van der Waals surface area contributed by atoms with E-state index in [0.717, 1.165) is 17.9 Å². The van der Waals surface area contributed by atoms with Crippen molar-refractivity contribution in [3.63, 3.8) is 0 Å². The summed E-state index contributed by atoms with van der Waals surface area (Å²) in [6, 6.07) is 8.56. The average molecular weight is 328 g/mol. The van der Waals surface area contributed by atoms with Crippen LogP contribution in [0.4, 0.5) is 6.01 Å². The monoisotopic (exact) mass is 328 g/mol. The Bertz CT molecular complexity index is 668. The van der Waals surface area contributed by atoms with E-state index in [1.165, 1.54) is 45.2 Å². The van der Waals surface area contributed by atoms with Gasteiger partial charge < -0.3 is 14.9 Å². The fourth-order valence-corrected chi connectivity index (χ4v) is 4.02. The van der Waals surface area contributed by atoms with Crippen LogP contribution in [0, 0.1) is 5.92 Å². The summed E-state index contributed by atoms with van der Waals surface area (Å²) in [6.07, 6.45) is 6.61. The number of hydrogen-bond acceptors (Lipinski definition) is 6. The molecule has 4 rings (SSSR count). The molecule has 0 unspecified atom stereocenters. The third-order valence-electron chi connectivity index (χ3n) is 5.23. The molecule has 1 aromatic carbocycles. The highest BCUT2D eigenvalue weighted by Gasteiger charge is 2.33. The molecule has 2 aliphatic heterocycles. The molecule has 1 aromatic heterocycles. The Morgan fingerprint density at radius 1 is 1.08 bits per heavy atom. The van der Waals surface area contributed by atoms with Crippen LogP contribution in [0.5, 0.6) is 5.75 Å². The van der Waals surface area contributed by atoms with E-state index >= 15 is 0 Å². The van der Waals surface area contributed by atoms with Crippen molar-refractivity contribution in [2.24, 2.45) is 5.92 Å². The second-order valence-corrected chi connectivity index (χ2v) is 6.78. The Morgan fingerprint density at radius 3 is 2.71 bits per heavy atom. The van der Waals surface area contributed by atoms with Gasteiger partial charge in [-0.15, -0.1) is 5.10 Å². The van der Waals surface area contributed by atoms with Crippen molar-refractivity contribution in [2.45, 2.75) is 38.1 Å². The lowest BCUT2D eigenvalue weighted by atomic mass is 9.84. The zero-order valence-electron chi connectivity index (χ0n) is 13.9. The largest absolute Gasteiger partial charge is 0.493 e. The number of benzene rings is 1. The van der Waals surface area contributed by atoms with Gasteiger partial charge >= 0.3 is 6.01 Å². The summed E-state index contributed by atoms with van der Waals surface area (Å²) < 4.78 is 11.3. The van der Waals surface area contributed by atoms with Crippen molar-refractivity contribution < 1.29 is 9.15 Å². The highest BCUT2D eigenvalue weighted by Crippen LogP contribution is 2.31. The third kappa shape index (κ3) is 3.24. The van der Waals surface area contributed by atoms with Gasteiger partial charge in [-0.05, 0) is 63.0 Å². The van der Waals surface area contributed by atoms with Crippen molar-refractivity contribution in [3.8, 4) is 17.2 Å². The lowest BCUT2D eigenvalue weighted by Gasteiger charge is -2.44. The summed E-state index contributed by atoms with van der Waals surface area (Å²) in [7, 11) is 0. The van der Waals surface area contributed by atoms with E-state index in [0.29, 0.717) is 17.9 Å². The molecule has 3 heterocycles. The van der Waals surface area contributed by atoms with Gasteiger partial charge in [0, 0.05) is 17.5 Å². The van der Waals surface area contributed by atoms with Crippen molar-refractivity contribution >= 4 is 6.01 Å². The number of nitrogen functional groups attached to an aromatic ring is 1. The molecule has 2 fully saturated rings. The summed E-state index contributed by atoms with van der Waals surface area (Å²) in [6.45, 7) is 3.33. The van der Waals surface area contributed by atoms with Gasteiger partial charge in [-0.25, -0.2) is 0 Å². The number of aromatic nitrogens is 2. The van der Waals surface area contributed by atoms with E-state index in [1.54, 1.807) is 0 Å². The first-order valence-corrected chi connectivity index (χ1v) is 8.86. The summed E-state index contributed by atoms with van der Waals surface area (Å²) in [5, 5.41) is 7.57. The number of ether oxygens (including phenoxy) is 1. The van der Waals surface area contributed by atoms with Gasteiger partial charge in [-0.1, -0.05) is 11.5 Å². The number of hydrogen-bond donors (Lipinski definition) is 1. The first-order chi connectivity index (χ1) is 11.8. The fraction of sp³-hybridized carbons (Fsp3) is 0.556. The Balaban J connectivity index is 1.37. The Kier molecular flexibility index (Phi) is 4.38. The van der Waals surface area contributed by atoms with Gasteiger partial charge in [0.1, 0.15) is 5.75 Å². The summed E-state index contributed by atoms with van der Waals surface area (Å²) in [5.41, 5.74) is 6.31. The first kappa shape index (κ1) is 15.4. The second-order valence-electron chi connectivity index (χ2n) is 6.78. The molecule has 0 saturated carbocycles. The normalized spacial score (nSPS) is 24.5. The van der Waals surface area contributed by atoms with E-state index in [4.69, 9.17) is 14.9 Å². The first-order valence-electron chi connectivity index (χ1n) is 8.86. The molecule has 6 heteroatoms. The quantitative estimate of drug-likeness (QED) is 0.930. The molecule has 128 valence electrons. The maximum Gasteiger partial charge on any atom is 0.313 e. The fourth-order valence-electron chi connectivity index (χ4n) is 4.02. The molecular formula is C18H24N4O2. The van der Waals surface area contributed by atoms with Crippen LogP contribution in [0.1, 0.15) is 32.1 Å². The maximum atomic E-state index is 6.07. The molecule has 0 aliphatic carbocycles. The molecule has 0 radical (unpaired) electrons. The smallest absolute Gasteiger partial charge is 0.313 e. The maximum absolute atomic E-state index is 6.07. The number of fused-ring (bicyclic) bond motifs is 1. The topological polar surface area (TPSA) is 77.4 Å². The molecule has 2 aromatic rings. The second kappa shape index (κ2) is 6.81. The molecule has 2 atom stereocenters. The minimum atomic E-state index is 0.0830.